The van der Waals surface area contributed by atoms with Crippen molar-refractivity contribution in [2.45, 2.75) is 9.79 Å². The molecule has 0 saturated carbocycles. The third kappa shape index (κ3) is 2.19. The first kappa shape index (κ1) is 16.4. The van der Waals surface area contributed by atoms with Crippen LogP contribution in [0, 0.1) is 0 Å². The van der Waals surface area contributed by atoms with Gasteiger partial charge in [0.1, 0.15) is 22.3 Å². The number of thioether (sulfide) groups is 2. The summed E-state index contributed by atoms with van der Waals surface area (Å²) < 4.78 is 12.5. The lowest BCUT2D eigenvalue weighted by Crippen LogP contribution is -1.76. The van der Waals surface area contributed by atoms with Crippen molar-refractivity contribution in [1.82, 2.24) is 0 Å². The van der Waals surface area contributed by atoms with Crippen LogP contribution in [0.5, 0.6) is 0 Å². The van der Waals surface area contributed by atoms with Crippen LogP contribution in [0.1, 0.15) is 0 Å². The van der Waals surface area contributed by atoms with Gasteiger partial charge in [0.2, 0.25) is 0 Å². The van der Waals surface area contributed by atoms with Crippen molar-refractivity contribution >= 4 is 78.2 Å². The first-order valence-corrected chi connectivity index (χ1v) is 11.5. The minimum atomic E-state index is 0.926. The average Bonchev–Trinajstić information content (AvgIpc) is 3.30. The normalized spacial score (nSPS) is 12.2. The molecule has 136 valence electrons. The summed E-state index contributed by atoms with van der Waals surface area (Å²) in [6, 6.07) is 21.4. The molecule has 0 fully saturated rings. The van der Waals surface area contributed by atoms with Crippen molar-refractivity contribution in [2.75, 3.05) is 12.5 Å². The van der Waals surface area contributed by atoms with Gasteiger partial charge in [-0.2, -0.15) is 0 Å². The van der Waals surface area contributed by atoms with Gasteiger partial charge in [-0.1, -0.05) is 0 Å². The number of furan rings is 2. The highest BCUT2D eigenvalue weighted by Gasteiger charge is 2.15. The Morgan fingerprint density at radius 1 is 0.500 bits per heavy atom. The number of benzene rings is 4. The molecule has 2 aromatic heterocycles. The standard InChI is InChI=1S/C24H16O2S2/c1-27-13-3-9-21-19(11-13)17-7-5-16-15(23(17)25-21)6-8-18-20-12-14(28-2)4-10-22(20)26-24(16)18/h3-12H,1-2H3. The maximum atomic E-state index is 6.27. The molecule has 0 unspecified atom stereocenters. The molecule has 6 rings (SSSR count). The van der Waals surface area contributed by atoms with Crippen molar-refractivity contribution in [3.8, 4) is 0 Å². The van der Waals surface area contributed by atoms with Crippen LogP contribution in [0.15, 0.2) is 79.3 Å². The molecule has 0 bridgehead atoms. The Kier molecular flexibility index (Phi) is 3.49. The minimum absolute atomic E-state index is 0.926. The lowest BCUT2D eigenvalue weighted by molar-refractivity contribution is 0.669. The summed E-state index contributed by atoms with van der Waals surface area (Å²) >= 11 is 3.50. The quantitative estimate of drug-likeness (QED) is 0.274. The molecule has 0 radical (unpaired) electrons. The van der Waals surface area contributed by atoms with Crippen LogP contribution in [0.25, 0.3) is 54.6 Å². The zero-order valence-corrected chi connectivity index (χ0v) is 17.0. The molecule has 0 spiro atoms. The van der Waals surface area contributed by atoms with E-state index in [0.717, 1.165) is 54.6 Å². The first-order chi connectivity index (χ1) is 13.8. The van der Waals surface area contributed by atoms with Crippen molar-refractivity contribution in [3.05, 3.63) is 60.7 Å². The highest BCUT2D eigenvalue weighted by molar-refractivity contribution is 7.98. The Labute approximate surface area is 169 Å². The zero-order valence-electron chi connectivity index (χ0n) is 15.4. The van der Waals surface area contributed by atoms with Gasteiger partial charge in [-0.05, 0) is 73.2 Å². The van der Waals surface area contributed by atoms with Crippen molar-refractivity contribution in [1.29, 1.82) is 0 Å². The summed E-state index contributed by atoms with van der Waals surface area (Å²) in [5.41, 5.74) is 3.71. The van der Waals surface area contributed by atoms with Gasteiger partial charge in [0.25, 0.3) is 0 Å². The Bertz CT molecular complexity index is 1420. The van der Waals surface area contributed by atoms with E-state index in [-0.39, 0.29) is 0 Å². The van der Waals surface area contributed by atoms with Gasteiger partial charge < -0.3 is 8.83 Å². The largest absolute Gasteiger partial charge is 0.455 e. The summed E-state index contributed by atoms with van der Waals surface area (Å²) in [6.07, 6.45) is 4.19. The van der Waals surface area contributed by atoms with Gasteiger partial charge in [0.15, 0.2) is 0 Å². The molecule has 4 heteroatoms. The van der Waals surface area contributed by atoms with E-state index in [1.807, 2.05) is 0 Å². The van der Waals surface area contributed by atoms with Crippen LogP contribution in [-0.4, -0.2) is 12.5 Å². The molecule has 2 nitrogen and oxygen atoms in total. The predicted octanol–water partition coefficient (Wildman–Crippen LogP) is 8.08. The maximum Gasteiger partial charge on any atom is 0.143 e. The summed E-state index contributed by atoms with van der Waals surface area (Å²) in [5.74, 6) is 0. The Balaban J connectivity index is 1.73. The number of rotatable bonds is 2. The fourth-order valence-electron chi connectivity index (χ4n) is 4.09. The zero-order chi connectivity index (χ0) is 18.8. The van der Waals surface area contributed by atoms with Crippen molar-refractivity contribution in [3.63, 3.8) is 0 Å². The lowest BCUT2D eigenvalue weighted by atomic mass is 10.0. The molecule has 2 heterocycles. The molecule has 4 aromatic carbocycles. The van der Waals surface area contributed by atoms with Gasteiger partial charge in [0, 0.05) is 42.1 Å². The first-order valence-electron chi connectivity index (χ1n) is 9.09. The smallest absolute Gasteiger partial charge is 0.143 e. The molecule has 0 aliphatic heterocycles. The molecule has 0 atom stereocenters. The van der Waals surface area contributed by atoms with Crippen LogP contribution in [0.4, 0.5) is 0 Å². The van der Waals surface area contributed by atoms with Gasteiger partial charge in [-0.25, -0.2) is 0 Å². The van der Waals surface area contributed by atoms with E-state index >= 15 is 0 Å². The second-order valence-corrected chi connectivity index (χ2v) is 8.67. The van der Waals surface area contributed by atoms with Crippen molar-refractivity contribution < 1.29 is 8.83 Å². The molecule has 0 aliphatic carbocycles. The van der Waals surface area contributed by atoms with Gasteiger partial charge in [-0.3, -0.25) is 0 Å². The second kappa shape index (κ2) is 5.97. The summed E-state index contributed by atoms with van der Waals surface area (Å²) in [4.78, 5) is 2.49. The summed E-state index contributed by atoms with van der Waals surface area (Å²) in [6.45, 7) is 0. The third-order valence-corrected chi connectivity index (χ3v) is 6.93. The van der Waals surface area contributed by atoms with Crippen LogP contribution in [0.2, 0.25) is 0 Å². The van der Waals surface area contributed by atoms with Crippen LogP contribution < -0.4 is 0 Å². The topological polar surface area (TPSA) is 26.3 Å². The number of hydrogen-bond acceptors (Lipinski definition) is 4. The maximum absolute atomic E-state index is 6.27. The molecule has 0 saturated heterocycles. The van der Waals surface area contributed by atoms with Crippen LogP contribution in [0.3, 0.4) is 0 Å². The molecule has 28 heavy (non-hydrogen) atoms. The Morgan fingerprint density at radius 3 is 1.29 bits per heavy atom. The SMILES string of the molecule is CSc1ccc2oc3c(ccc4c3ccc3c5cc(SC)ccc5oc34)c2c1. The number of fused-ring (bicyclic) bond motifs is 9. The van der Waals surface area contributed by atoms with E-state index in [1.54, 1.807) is 23.5 Å². The van der Waals surface area contributed by atoms with E-state index in [0.29, 0.717) is 0 Å². The number of hydrogen-bond donors (Lipinski definition) is 0. The summed E-state index contributed by atoms with van der Waals surface area (Å²) in [7, 11) is 0. The van der Waals surface area contributed by atoms with Gasteiger partial charge in [-0.15, -0.1) is 23.5 Å². The Morgan fingerprint density at radius 2 is 0.893 bits per heavy atom. The van der Waals surface area contributed by atoms with Crippen LogP contribution in [-0.2, 0) is 0 Å². The van der Waals surface area contributed by atoms with Gasteiger partial charge >= 0.3 is 0 Å². The van der Waals surface area contributed by atoms with E-state index in [4.69, 9.17) is 8.83 Å². The van der Waals surface area contributed by atoms with E-state index in [9.17, 15) is 0 Å². The molecular formula is C24H16O2S2. The fraction of sp³-hybridized carbons (Fsp3) is 0.0833. The van der Waals surface area contributed by atoms with E-state index in [1.165, 1.54) is 9.79 Å². The second-order valence-electron chi connectivity index (χ2n) is 6.91. The van der Waals surface area contributed by atoms with Crippen LogP contribution >= 0.6 is 23.5 Å². The third-order valence-electron chi connectivity index (χ3n) is 5.48. The van der Waals surface area contributed by atoms with Crippen molar-refractivity contribution in [2.24, 2.45) is 0 Å². The van der Waals surface area contributed by atoms with Gasteiger partial charge in [0.05, 0.1) is 0 Å². The molecule has 6 aromatic rings. The minimum Gasteiger partial charge on any atom is -0.455 e. The van der Waals surface area contributed by atoms with E-state index < -0.39 is 0 Å². The lowest BCUT2D eigenvalue weighted by Gasteiger charge is -2.00. The highest BCUT2D eigenvalue weighted by atomic mass is 32.2. The fourth-order valence-corrected chi connectivity index (χ4v) is 4.97. The predicted molar refractivity (Wildman–Crippen MR) is 122 cm³/mol. The molecule has 0 aliphatic rings. The highest BCUT2D eigenvalue weighted by Crippen LogP contribution is 2.40. The van der Waals surface area contributed by atoms with E-state index in [2.05, 4.69) is 73.2 Å². The average molecular weight is 401 g/mol. The Hall–Kier alpha value is -2.56. The molecule has 0 N–H and O–H groups in total. The summed E-state index contributed by atoms with van der Waals surface area (Å²) in [5, 5.41) is 6.82. The monoisotopic (exact) mass is 400 g/mol. The molecular weight excluding hydrogens is 384 g/mol. The molecule has 0 amide bonds.